The molecule has 3 heterocycles. The minimum Gasteiger partial charge on any atom is -0.379 e. The van der Waals surface area contributed by atoms with Crippen LogP contribution in [0.4, 0.5) is 10.2 Å². The van der Waals surface area contributed by atoms with E-state index in [4.69, 9.17) is 9.26 Å². The van der Waals surface area contributed by atoms with Gasteiger partial charge in [0.05, 0.1) is 17.5 Å². The summed E-state index contributed by atoms with van der Waals surface area (Å²) in [6, 6.07) is 1.93. The predicted octanol–water partition coefficient (Wildman–Crippen LogP) is 2.17. The second kappa shape index (κ2) is 6.62. The third kappa shape index (κ3) is 3.19. The summed E-state index contributed by atoms with van der Waals surface area (Å²) in [4.78, 5) is 10.1. The first kappa shape index (κ1) is 15.9. The number of aryl methyl sites for hydroxylation is 2. The molecule has 3 rings (SSSR count). The largest absolute Gasteiger partial charge is 0.379 e. The van der Waals surface area contributed by atoms with Crippen molar-refractivity contribution in [3.8, 4) is 0 Å². The van der Waals surface area contributed by atoms with Gasteiger partial charge in [0.1, 0.15) is 12.1 Å². The lowest BCUT2D eigenvalue weighted by Crippen LogP contribution is -2.25. The fourth-order valence-electron chi connectivity index (χ4n) is 3.11. The van der Waals surface area contributed by atoms with Crippen molar-refractivity contribution in [1.82, 2.24) is 15.1 Å². The van der Waals surface area contributed by atoms with Crippen LogP contribution in [-0.4, -0.2) is 41.4 Å². The third-order valence-electron chi connectivity index (χ3n) is 4.30. The molecule has 1 saturated heterocycles. The molecule has 7 heteroatoms. The Balaban J connectivity index is 1.78. The van der Waals surface area contributed by atoms with Crippen LogP contribution >= 0.6 is 0 Å². The highest BCUT2D eigenvalue weighted by molar-refractivity contribution is 5.43. The molecule has 6 nitrogen and oxygen atoms in total. The van der Waals surface area contributed by atoms with Gasteiger partial charge < -0.3 is 14.2 Å². The van der Waals surface area contributed by atoms with Gasteiger partial charge in [0, 0.05) is 38.6 Å². The van der Waals surface area contributed by atoms with Gasteiger partial charge in [-0.25, -0.2) is 14.4 Å². The summed E-state index contributed by atoms with van der Waals surface area (Å²) < 4.78 is 25.4. The van der Waals surface area contributed by atoms with E-state index in [-0.39, 0.29) is 17.8 Å². The number of hydrogen-bond acceptors (Lipinski definition) is 6. The monoisotopic (exact) mass is 320 g/mol. The molecule has 1 aliphatic rings. The average Bonchev–Trinajstić information content (AvgIpc) is 3.14. The lowest BCUT2D eigenvalue weighted by molar-refractivity contribution is 0.0812. The Kier molecular flexibility index (Phi) is 4.56. The highest BCUT2D eigenvalue weighted by Gasteiger charge is 2.35. The topological polar surface area (TPSA) is 64.3 Å². The van der Waals surface area contributed by atoms with Crippen LogP contribution in [0.25, 0.3) is 0 Å². The zero-order valence-corrected chi connectivity index (χ0v) is 13.6. The number of aromatic nitrogens is 3. The Labute approximate surface area is 134 Å². The molecule has 0 aromatic carbocycles. The molecule has 1 fully saturated rings. The molecule has 0 amide bonds. The quantitative estimate of drug-likeness (QED) is 0.841. The lowest BCUT2D eigenvalue weighted by atomic mass is 10.0. The van der Waals surface area contributed by atoms with Crippen molar-refractivity contribution in [3.05, 3.63) is 35.4 Å². The van der Waals surface area contributed by atoms with Gasteiger partial charge in [-0.15, -0.1) is 0 Å². The Hall–Kier alpha value is -2.02. The highest BCUT2D eigenvalue weighted by atomic mass is 19.1. The molecule has 23 heavy (non-hydrogen) atoms. The maximum atomic E-state index is 14.5. The number of methoxy groups -OCH3 is 1. The molecule has 2 atom stereocenters. The van der Waals surface area contributed by atoms with Crippen LogP contribution in [0.3, 0.4) is 0 Å². The van der Waals surface area contributed by atoms with Gasteiger partial charge in [-0.2, -0.15) is 0 Å². The molecule has 2 aromatic rings. The van der Waals surface area contributed by atoms with E-state index < -0.39 is 0 Å². The standard InChI is InChI=1S/C16H21FN4O2/c1-4-13-15(17)16(19-9-18-13)21-7-11(14(8-21)22-3)6-12-5-10(2)20-23-12/h5,9,11,14H,4,6-8H2,1-3H3/t11-,14+/m1/s1. The van der Waals surface area contributed by atoms with Crippen molar-refractivity contribution in [2.45, 2.75) is 32.8 Å². The van der Waals surface area contributed by atoms with Crippen LogP contribution < -0.4 is 4.90 Å². The summed E-state index contributed by atoms with van der Waals surface area (Å²) in [7, 11) is 1.68. The van der Waals surface area contributed by atoms with Gasteiger partial charge in [0.15, 0.2) is 11.6 Å². The second-order valence-corrected chi connectivity index (χ2v) is 5.89. The summed E-state index contributed by atoms with van der Waals surface area (Å²) >= 11 is 0. The maximum Gasteiger partial charge on any atom is 0.187 e. The maximum absolute atomic E-state index is 14.5. The Morgan fingerprint density at radius 1 is 1.39 bits per heavy atom. The SMILES string of the molecule is CCc1ncnc(N2C[C@@H](Cc3cc(C)no3)[C@@H](OC)C2)c1F. The van der Waals surface area contributed by atoms with Crippen molar-refractivity contribution in [3.63, 3.8) is 0 Å². The van der Waals surface area contributed by atoms with Gasteiger partial charge >= 0.3 is 0 Å². The van der Waals surface area contributed by atoms with E-state index >= 15 is 0 Å². The fourth-order valence-corrected chi connectivity index (χ4v) is 3.11. The molecular weight excluding hydrogens is 299 g/mol. The van der Waals surface area contributed by atoms with Crippen LogP contribution in [0.2, 0.25) is 0 Å². The van der Waals surface area contributed by atoms with Gasteiger partial charge in [0.25, 0.3) is 0 Å². The summed E-state index contributed by atoms with van der Waals surface area (Å²) in [6.45, 7) is 5.04. The highest BCUT2D eigenvalue weighted by Crippen LogP contribution is 2.29. The van der Waals surface area contributed by atoms with Gasteiger partial charge in [-0.05, 0) is 13.3 Å². The van der Waals surface area contributed by atoms with E-state index in [9.17, 15) is 4.39 Å². The second-order valence-electron chi connectivity index (χ2n) is 5.89. The zero-order chi connectivity index (χ0) is 16.4. The van der Waals surface area contributed by atoms with E-state index in [1.54, 1.807) is 7.11 Å². The first-order chi connectivity index (χ1) is 11.1. The summed E-state index contributed by atoms with van der Waals surface area (Å²) in [6.07, 6.45) is 2.68. The Bertz CT molecular complexity index is 676. The van der Waals surface area contributed by atoms with Crippen LogP contribution in [-0.2, 0) is 17.6 Å². The van der Waals surface area contributed by atoms with E-state index in [1.165, 1.54) is 6.33 Å². The van der Waals surface area contributed by atoms with Crippen molar-refractivity contribution < 1.29 is 13.7 Å². The van der Waals surface area contributed by atoms with Crippen molar-refractivity contribution in [1.29, 1.82) is 0 Å². The number of anilines is 1. The normalized spacial score (nSPS) is 21.1. The van der Waals surface area contributed by atoms with Gasteiger partial charge in [-0.1, -0.05) is 12.1 Å². The van der Waals surface area contributed by atoms with Crippen molar-refractivity contribution >= 4 is 5.82 Å². The van der Waals surface area contributed by atoms with Crippen LogP contribution in [0.1, 0.15) is 24.1 Å². The van der Waals surface area contributed by atoms with Crippen LogP contribution in [0.5, 0.6) is 0 Å². The first-order valence-electron chi connectivity index (χ1n) is 7.81. The molecule has 0 aliphatic carbocycles. The number of hydrogen-bond donors (Lipinski definition) is 0. The molecule has 2 aromatic heterocycles. The van der Waals surface area contributed by atoms with E-state index in [1.807, 2.05) is 24.8 Å². The van der Waals surface area contributed by atoms with Gasteiger partial charge in [0.2, 0.25) is 0 Å². The Morgan fingerprint density at radius 2 is 2.22 bits per heavy atom. The zero-order valence-electron chi connectivity index (χ0n) is 13.6. The van der Waals surface area contributed by atoms with E-state index in [0.717, 1.165) is 11.5 Å². The number of rotatable bonds is 5. The summed E-state index contributed by atoms with van der Waals surface area (Å²) in [5.74, 6) is 1.05. The number of nitrogens with zero attached hydrogens (tertiary/aromatic N) is 4. The van der Waals surface area contributed by atoms with Crippen LogP contribution in [0.15, 0.2) is 16.9 Å². The first-order valence-corrected chi connectivity index (χ1v) is 7.81. The third-order valence-corrected chi connectivity index (χ3v) is 4.30. The average molecular weight is 320 g/mol. The van der Waals surface area contributed by atoms with Crippen molar-refractivity contribution in [2.75, 3.05) is 25.1 Å². The molecule has 0 radical (unpaired) electrons. The smallest absolute Gasteiger partial charge is 0.187 e. The number of halogens is 1. The molecule has 0 N–H and O–H groups in total. The molecule has 124 valence electrons. The molecule has 1 aliphatic heterocycles. The van der Waals surface area contributed by atoms with E-state index in [0.29, 0.717) is 37.4 Å². The lowest BCUT2D eigenvalue weighted by Gasteiger charge is -2.18. The Morgan fingerprint density at radius 3 is 2.87 bits per heavy atom. The molecule has 0 saturated carbocycles. The minimum absolute atomic E-state index is 0.000141. The minimum atomic E-state index is -0.332. The molecule has 0 bridgehead atoms. The van der Waals surface area contributed by atoms with Crippen molar-refractivity contribution in [2.24, 2.45) is 5.92 Å². The summed E-state index contributed by atoms with van der Waals surface area (Å²) in [5, 5.41) is 3.91. The fraction of sp³-hybridized carbons (Fsp3) is 0.562. The van der Waals surface area contributed by atoms with E-state index in [2.05, 4.69) is 15.1 Å². The van der Waals surface area contributed by atoms with Gasteiger partial charge in [-0.3, -0.25) is 0 Å². The summed E-state index contributed by atoms with van der Waals surface area (Å²) in [5.41, 5.74) is 1.30. The van der Waals surface area contributed by atoms with Crippen LogP contribution in [0, 0.1) is 18.7 Å². The number of ether oxygens (including phenoxy) is 1. The molecule has 0 spiro atoms. The molecular formula is C16H21FN4O2. The molecule has 0 unspecified atom stereocenters. The predicted molar refractivity (Wildman–Crippen MR) is 82.8 cm³/mol.